The molecule has 7 heteroatoms. The van der Waals surface area contributed by atoms with Gasteiger partial charge in [-0.05, 0) is 29.4 Å². The molecule has 3 rings (SSSR count). The second kappa shape index (κ2) is 7.18. The predicted molar refractivity (Wildman–Crippen MR) is 82.2 cm³/mol. The van der Waals surface area contributed by atoms with E-state index in [0.717, 1.165) is 11.1 Å². The summed E-state index contributed by atoms with van der Waals surface area (Å²) in [5.41, 5.74) is 9.65. The van der Waals surface area contributed by atoms with Gasteiger partial charge < -0.3 is 15.6 Å². The Kier molecular flexibility index (Phi) is 5.25. The van der Waals surface area contributed by atoms with Crippen LogP contribution in [0.2, 0.25) is 0 Å². The molecule has 0 heterocycles. The Labute approximate surface area is 136 Å². The summed E-state index contributed by atoms with van der Waals surface area (Å²) < 4.78 is 38.8. The Morgan fingerprint density at radius 3 is 2.58 bits per heavy atom. The summed E-state index contributed by atoms with van der Waals surface area (Å²) in [6.07, 6.45) is 4.37. The van der Waals surface area contributed by atoms with Crippen molar-refractivity contribution in [1.29, 1.82) is 0 Å². The number of hydrogen-bond donors (Lipinski definition) is 1. The first-order valence-electron chi connectivity index (χ1n) is 6.84. The third-order valence-electron chi connectivity index (χ3n) is 3.14. The highest BCUT2D eigenvalue weighted by atomic mass is 19.4. The van der Waals surface area contributed by atoms with Gasteiger partial charge in [0.05, 0.1) is 5.57 Å². The number of fused-ring (bicyclic) bond motifs is 1. The number of rotatable bonds is 3. The number of nitrogens with one attached hydrogen (secondary N) is 1. The maximum absolute atomic E-state index is 11.7. The van der Waals surface area contributed by atoms with Crippen LogP contribution in [0.15, 0.2) is 71.4 Å². The highest BCUT2D eigenvalue weighted by molar-refractivity contribution is 5.95. The zero-order valence-electron chi connectivity index (χ0n) is 12.3. The Bertz CT molecular complexity index is 759. The molecule has 4 nitrogen and oxygen atoms in total. The lowest BCUT2D eigenvalue weighted by atomic mass is 10.1. The first-order valence-corrected chi connectivity index (χ1v) is 6.84. The number of carbonyl (C=O) groups is 1. The molecule has 0 radical (unpaired) electrons. The Balaban J connectivity index is 0.000000175. The summed E-state index contributed by atoms with van der Waals surface area (Å²) in [6.45, 7) is -0.0605. The normalized spacial score (nSPS) is 14.9. The van der Waals surface area contributed by atoms with Crippen molar-refractivity contribution in [2.75, 3.05) is 0 Å². The van der Waals surface area contributed by atoms with Gasteiger partial charge in [0.1, 0.15) is 5.75 Å². The van der Waals surface area contributed by atoms with Gasteiger partial charge in [-0.25, -0.2) is 4.79 Å². The average Bonchev–Trinajstić information content (AvgIpc) is 3.08. The van der Waals surface area contributed by atoms with Crippen molar-refractivity contribution in [2.45, 2.75) is 12.9 Å². The molecule has 0 aromatic heterocycles. The maximum Gasteiger partial charge on any atom is 0.573 e. The molecule has 0 atom stereocenters. The van der Waals surface area contributed by atoms with Crippen LogP contribution in [0.5, 0.6) is 5.75 Å². The van der Waals surface area contributed by atoms with E-state index >= 15 is 0 Å². The van der Waals surface area contributed by atoms with Gasteiger partial charge in [0.2, 0.25) is 0 Å². The number of ether oxygens (including phenoxy) is 1. The first-order chi connectivity index (χ1) is 11.3. The molecule has 2 N–H and O–H groups in total. The molecule has 0 amide bonds. The van der Waals surface area contributed by atoms with E-state index in [1.807, 2.05) is 24.3 Å². The quantitative estimate of drug-likeness (QED) is 0.879. The standard InChI is InChI=1S/C9H6O2.C8H7F3NO/c10-9(11)8-5-4-6-2-1-3-7(6)8;9-8(10,11)13-7-3-1-2-6(4-7)5-12/h1-5H,(H,10,11);1-4,12H,5H2/q;-1. The van der Waals surface area contributed by atoms with Crippen LogP contribution in [-0.4, -0.2) is 17.4 Å². The number of hydrogen-bond acceptors (Lipinski definition) is 2. The molecule has 1 aromatic carbocycles. The van der Waals surface area contributed by atoms with Gasteiger partial charge in [0.15, 0.2) is 0 Å². The summed E-state index contributed by atoms with van der Waals surface area (Å²) in [5, 5.41) is 8.69. The number of alkyl halides is 3. The van der Waals surface area contributed by atoms with Crippen LogP contribution in [0.1, 0.15) is 5.56 Å². The van der Waals surface area contributed by atoms with E-state index in [1.54, 1.807) is 12.1 Å². The lowest BCUT2D eigenvalue weighted by molar-refractivity contribution is -0.274. The second-order valence-corrected chi connectivity index (χ2v) is 4.82. The van der Waals surface area contributed by atoms with Crippen molar-refractivity contribution in [3.8, 4) is 5.75 Å². The van der Waals surface area contributed by atoms with Gasteiger partial charge in [0.25, 0.3) is 0 Å². The van der Waals surface area contributed by atoms with Crippen molar-refractivity contribution in [3.63, 3.8) is 0 Å². The van der Waals surface area contributed by atoms with E-state index in [-0.39, 0.29) is 12.3 Å². The smallest absolute Gasteiger partial charge is 0.573 e. The largest absolute Gasteiger partial charge is 0.674 e. The molecule has 0 fully saturated rings. The summed E-state index contributed by atoms with van der Waals surface area (Å²) in [7, 11) is 0. The van der Waals surface area contributed by atoms with E-state index in [4.69, 9.17) is 10.8 Å². The Morgan fingerprint density at radius 1 is 1.21 bits per heavy atom. The molecule has 0 unspecified atom stereocenters. The van der Waals surface area contributed by atoms with Crippen molar-refractivity contribution < 1.29 is 27.8 Å². The molecule has 0 spiro atoms. The third kappa shape index (κ3) is 4.60. The molecule has 1 aromatic rings. The summed E-state index contributed by atoms with van der Waals surface area (Å²) in [5.74, 6) is -1.14. The fraction of sp³-hybridized carbons (Fsp3) is 0.118. The van der Waals surface area contributed by atoms with E-state index in [1.165, 1.54) is 18.2 Å². The van der Waals surface area contributed by atoms with Crippen LogP contribution in [0.4, 0.5) is 13.2 Å². The van der Waals surface area contributed by atoms with Crippen molar-refractivity contribution >= 4 is 5.97 Å². The number of benzene rings is 1. The molecule has 126 valence electrons. The molecule has 2 aliphatic carbocycles. The topological polar surface area (TPSA) is 70.3 Å². The number of carboxylic acid groups (broad SMARTS) is 1. The molecule has 24 heavy (non-hydrogen) atoms. The van der Waals surface area contributed by atoms with Crippen LogP contribution >= 0.6 is 0 Å². The number of carboxylic acids is 1. The van der Waals surface area contributed by atoms with Crippen LogP contribution in [-0.2, 0) is 11.3 Å². The van der Waals surface area contributed by atoms with Crippen LogP contribution in [0.25, 0.3) is 5.73 Å². The molecule has 0 saturated heterocycles. The van der Waals surface area contributed by atoms with Gasteiger partial charge in [-0.15, -0.1) is 19.7 Å². The number of halogens is 3. The fourth-order valence-corrected chi connectivity index (χ4v) is 2.13. The van der Waals surface area contributed by atoms with Gasteiger partial charge >= 0.3 is 12.3 Å². The highest BCUT2D eigenvalue weighted by Crippen LogP contribution is 2.29. The van der Waals surface area contributed by atoms with Gasteiger partial charge in [0, 0.05) is 0 Å². The van der Waals surface area contributed by atoms with Crippen LogP contribution < -0.4 is 4.74 Å². The summed E-state index contributed by atoms with van der Waals surface area (Å²) in [6, 6.07) is 5.38. The lowest BCUT2D eigenvalue weighted by Crippen LogP contribution is -2.17. The van der Waals surface area contributed by atoms with Crippen molar-refractivity contribution in [3.05, 3.63) is 82.7 Å². The molecular formula is C17H13F3NO3-. The Hall–Kier alpha value is -2.80. The van der Waals surface area contributed by atoms with Crippen LogP contribution in [0.3, 0.4) is 0 Å². The first kappa shape index (κ1) is 17.6. The fourth-order valence-electron chi connectivity index (χ4n) is 2.13. The molecule has 0 aliphatic heterocycles. The van der Waals surface area contributed by atoms with Gasteiger partial charge in [-0.2, -0.15) is 0 Å². The molecular weight excluding hydrogens is 323 g/mol. The summed E-state index contributed by atoms with van der Waals surface area (Å²) >= 11 is 0. The molecule has 0 saturated carbocycles. The molecule has 2 aliphatic rings. The van der Waals surface area contributed by atoms with Crippen LogP contribution in [0, 0.1) is 0 Å². The second-order valence-electron chi connectivity index (χ2n) is 4.82. The number of aliphatic carboxylic acids is 1. The highest BCUT2D eigenvalue weighted by Gasteiger charge is 2.30. The number of allylic oxidation sites excluding steroid dienone is 6. The average molecular weight is 336 g/mol. The minimum absolute atomic E-state index is 0.0605. The van der Waals surface area contributed by atoms with E-state index in [0.29, 0.717) is 11.1 Å². The predicted octanol–water partition coefficient (Wildman–Crippen LogP) is 4.57. The zero-order chi connectivity index (χ0) is 17.7. The monoisotopic (exact) mass is 336 g/mol. The minimum Gasteiger partial charge on any atom is -0.674 e. The van der Waals surface area contributed by atoms with E-state index in [2.05, 4.69) is 4.74 Å². The maximum atomic E-state index is 11.7. The third-order valence-corrected chi connectivity index (χ3v) is 3.14. The SMILES string of the molecule is O=C(O)C1=C2C=CC=C2C=C1.[NH-]Cc1cccc(OC(F)(F)F)c1. The van der Waals surface area contributed by atoms with E-state index < -0.39 is 12.3 Å². The Morgan fingerprint density at radius 2 is 1.96 bits per heavy atom. The summed E-state index contributed by atoms with van der Waals surface area (Å²) in [4.78, 5) is 10.6. The van der Waals surface area contributed by atoms with Gasteiger partial charge in [-0.3, -0.25) is 0 Å². The van der Waals surface area contributed by atoms with Gasteiger partial charge in [-0.1, -0.05) is 42.0 Å². The minimum atomic E-state index is -4.67. The molecule has 0 bridgehead atoms. The zero-order valence-corrected chi connectivity index (χ0v) is 12.3. The van der Waals surface area contributed by atoms with E-state index in [9.17, 15) is 18.0 Å². The van der Waals surface area contributed by atoms with Crippen molar-refractivity contribution in [2.24, 2.45) is 0 Å². The lowest BCUT2D eigenvalue weighted by Gasteiger charge is -2.10. The van der Waals surface area contributed by atoms with Crippen molar-refractivity contribution in [1.82, 2.24) is 0 Å².